The summed E-state index contributed by atoms with van der Waals surface area (Å²) in [4.78, 5) is 49.6. The number of ether oxygens (including phenoxy) is 5. The first kappa shape index (κ1) is 34.1. The number of hydrogen-bond acceptors (Lipinski definition) is 10. The van der Waals surface area contributed by atoms with Crippen LogP contribution in [0.3, 0.4) is 0 Å². The Morgan fingerprint density at radius 3 is 2.00 bits per heavy atom. The average Bonchev–Trinajstić information content (AvgIpc) is 2.82. The smallest absolute Gasteiger partial charge is 0.458 e. The molecule has 1 aromatic carbocycles. The molecule has 0 amide bonds. The van der Waals surface area contributed by atoms with Gasteiger partial charge in [0.2, 0.25) is 0 Å². The third kappa shape index (κ3) is 13.9. The number of esters is 3. The van der Waals surface area contributed by atoms with Crippen LogP contribution in [0.2, 0.25) is 0 Å². The lowest BCUT2D eigenvalue weighted by atomic mass is 9.92. The van der Waals surface area contributed by atoms with Gasteiger partial charge < -0.3 is 29.4 Å². The van der Waals surface area contributed by atoms with Crippen molar-refractivity contribution in [2.75, 3.05) is 6.61 Å². The normalized spacial score (nSPS) is 15.8. The minimum absolute atomic E-state index is 0.0656. The Labute approximate surface area is 243 Å². The molecule has 10 nitrogen and oxygen atoms in total. The molecule has 0 saturated heterocycles. The lowest BCUT2D eigenvalue weighted by molar-refractivity contribution is -0.152. The molecular formula is C31H47NO9. The van der Waals surface area contributed by atoms with Crippen molar-refractivity contribution in [3.8, 4) is 11.5 Å². The summed E-state index contributed by atoms with van der Waals surface area (Å²) in [6.45, 7) is 12.9. The van der Waals surface area contributed by atoms with Crippen molar-refractivity contribution in [1.29, 1.82) is 0 Å². The summed E-state index contributed by atoms with van der Waals surface area (Å²) in [5.74, 6) is -1.46. The summed E-state index contributed by atoms with van der Waals surface area (Å²) in [5.41, 5.74) is 6.08. The van der Waals surface area contributed by atoms with Gasteiger partial charge in [-0.3, -0.25) is 14.4 Å². The predicted octanol–water partition coefficient (Wildman–Crippen LogP) is 5.66. The zero-order chi connectivity index (χ0) is 30.8. The van der Waals surface area contributed by atoms with Gasteiger partial charge in [-0.05, 0) is 67.6 Å². The molecule has 41 heavy (non-hydrogen) atoms. The molecule has 1 aliphatic rings. The second-order valence-corrected chi connectivity index (χ2v) is 13.2. The molecule has 1 saturated carbocycles. The van der Waals surface area contributed by atoms with Gasteiger partial charge in [-0.25, -0.2) is 4.79 Å². The molecule has 0 unspecified atom stereocenters. The highest BCUT2D eigenvalue weighted by Gasteiger charge is 2.25. The van der Waals surface area contributed by atoms with Crippen molar-refractivity contribution >= 4 is 24.1 Å². The number of hydrogen-bond donors (Lipinski definition) is 1. The SMILES string of the molecule is C[C@@H](COC(=O)OC1CCCCC1)OC(=O)[C@@H](N)Cc1ccc(OC(=O)CC(C)(C)C)c(OC(=O)CC(C)(C)C)c1. The number of rotatable bonds is 11. The number of benzene rings is 1. The maximum absolute atomic E-state index is 12.6. The van der Waals surface area contributed by atoms with Crippen LogP contribution < -0.4 is 15.2 Å². The summed E-state index contributed by atoms with van der Waals surface area (Å²) >= 11 is 0. The standard InChI is InChI=1S/C31H47NO9/c1-20(19-37-29(36)39-22-11-9-8-10-12-22)38-28(35)23(32)15-21-13-14-24(40-26(33)17-30(2,3)4)25(16-21)41-27(34)18-31(5,6)7/h13-14,16,20,22-23H,8-12,15,17-19,32H2,1-7H3/t20-,23-/m0/s1. The maximum atomic E-state index is 12.6. The van der Waals surface area contributed by atoms with Crippen LogP contribution in [0.5, 0.6) is 11.5 Å². The van der Waals surface area contributed by atoms with Gasteiger partial charge in [-0.15, -0.1) is 0 Å². The number of nitrogens with two attached hydrogens (primary N) is 1. The summed E-state index contributed by atoms with van der Waals surface area (Å²) in [6.07, 6.45) is 3.58. The molecule has 2 N–H and O–H groups in total. The molecule has 0 aromatic heterocycles. The molecule has 10 heteroatoms. The highest BCUT2D eigenvalue weighted by molar-refractivity contribution is 5.78. The second kappa shape index (κ2) is 15.2. The number of carbonyl (C=O) groups excluding carboxylic acids is 4. The summed E-state index contributed by atoms with van der Waals surface area (Å²) < 4.78 is 26.8. The van der Waals surface area contributed by atoms with E-state index in [1.165, 1.54) is 12.1 Å². The largest absolute Gasteiger partial charge is 0.508 e. The second-order valence-electron chi connectivity index (χ2n) is 13.2. The zero-order valence-corrected chi connectivity index (χ0v) is 25.6. The Kier molecular flexibility index (Phi) is 12.6. The Bertz CT molecular complexity index is 1050. The van der Waals surface area contributed by atoms with E-state index in [1.807, 2.05) is 41.5 Å². The van der Waals surface area contributed by atoms with E-state index in [1.54, 1.807) is 13.0 Å². The molecule has 0 bridgehead atoms. The molecule has 0 spiro atoms. The van der Waals surface area contributed by atoms with E-state index < -0.39 is 36.2 Å². The van der Waals surface area contributed by atoms with Crippen LogP contribution in [0.25, 0.3) is 0 Å². The molecule has 1 aromatic rings. The first-order chi connectivity index (χ1) is 19.0. The molecule has 0 heterocycles. The van der Waals surface area contributed by atoms with Crippen LogP contribution in [-0.4, -0.2) is 48.9 Å². The van der Waals surface area contributed by atoms with Gasteiger partial charge in [-0.2, -0.15) is 0 Å². The van der Waals surface area contributed by atoms with Crippen molar-refractivity contribution in [3.63, 3.8) is 0 Å². The van der Waals surface area contributed by atoms with Crippen LogP contribution in [0.4, 0.5) is 4.79 Å². The third-order valence-corrected chi connectivity index (χ3v) is 6.13. The minimum Gasteiger partial charge on any atom is -0.458 e. The van der Waals surface area contributed by atoms with Gasteiger partial charge in [-0.1, -0.05) is 54.0 Å². The lowest BCUT2D eigenvalue weighted by Gasteiger charge is -2.22. The maximum Gasteiger partial charge on any atom is 0.508 e. The summed E-state index contributed by atoms with van der Waals surface area (Å²) in [6, 6.07) is 3.64. The van der Waals surface area contributed by atoms with Crippen molar-refractivity contribution < 1.29 is 42.9 Å². The van der Waals surface area contributed by atoms with E-state index in [4.69, 9.17) is 29.4 Å². The highest BCUT2D eigenvalue weighted by Crippen LogP contribution is 2.32. The first-order valence-corrected chi connectivity index (χ1v) is 14.3. The molecule has 0 radical (unpaired) electrons. The van der Waals surface area contributed by atoms with Crippen LogP contribution in [-0.2, 0) is 35.0 Å². The molecular weight excluding hydrogens is 530 g/mol. The number of carbonyl (C=O) groups is 4. The Morgan fingerprint density at radius 2 is 1.44 bits per heavy atom. The van der Waals surface area contributed by atoms with E-state index in [2.05, 4.69) is 0 Å². The molecule has 2 atom stereocenters. The molecule has 1 fully saturated rings. The van der Waals surface area contributed by atoms with E-state index in [-0.39, 0.29) is 54.3 Å². The van der Waals surface area contributed by atoms with E-state index in [0.717, 1.165) is 32.1 Å². The van der Waals surface area contributed by atoms with Crippen LogP contribution in [0, 0.1) is 10.8 Å². The topological polar surface area (TPSA) is 140 Å². The van der Waals surface area contributed by atoms with E-state index >= 15 is 0 Å². The van der Waals surface area contributed by atoms with Gasteiger partial charge in [0, 0.05) is 0 Å². The third-order valence-electron chi connectivity index (χ3n) is 6.13. The van der Waals surface area contributed by atoms with Gasteiger partial charge in [0.15, 0.2) is 11.5 Å². The van der Waals surface area contributed by atoms with E-state index in [9.17, 15) is 19.2 Å². The van der Waals surface area contributed by atoms with E-state index in [0.29, 0.717) is 5.56 Å². The first-order valence-electron chi connectivity index (χ1n) is 14.3. The fourth-order valence-electron chi connectivity index (χ4n) is 4.22. The average molecular weight is 578 g/mol. The molecule has 0 aliphatic heterocycles. The van der Waals surface area contributed by atoms with Crippen LogP contribution in [0.1, 0.15) is 99.0 Å². The fraction of sp³-hybridized carbons (Fsp3) is 0.677. The minimum atomic E-state index is -1.04. The van der Waals surface area contributed by atoms with Gasteiger partial charge in [0.05, 0.1) is 12.8 Å². The van der Waals surface area contributed by atoms with Gasteiger partial charge in [0.25, 0.3) is 0 Å². The van der Waals surface area contributed by atoms with Gasteiger partial charge >= 0.3 is 24.1 Å². The zero-order valence-electron chi connectivity index (χ0n) is 25.6. The van der Waals surface area contributed by atoms with Gasteiger partial charge in [0.1, 0.15) is 24.9 Å². The van der Waals surface area contributed by atoms with Crippen LogP contribution in [0.15, 0.2) is 18.2 Å². The molecule has 1 aliphatic carbocycles. The fourth-order valence-corrected chi connectivity index (χ4v) is 4.22. The Morgan fingerprint density at radius 1 is 0.878 bits per heavy atom. The molecule has 230 valence electrons. The Balaban J connectivity index is 1.99. The van der Waals surface area contributed by atoms with Crippen molar-refractivity contribution in [2.45, 2.75) is 118 Å². The highest BCUT2D eigenvalue weighted by atomic mass is 16.7. The molecule has 2 rings (SSSR count). The summed E-state index contributed by atoms with van der Waals surface area (Å²) in [7, 11) is 0. The summed E-state index contributed by atoms with van der Waals surface area (Å²) in [5, 5.41) is 0. The lowest BCUT2D eigenvalue weighted by Crippen LogP contribution is -2.37. The Hall–Kier alpha value is -3.14. The van der Waals surface area contributed by atoms with Crippen molar-refractivity contribution in [1.82, 2.24) is 0 Å². The van der Waals surface area contributed by atoms with Crippen molar-refractivity contribution in [3.05, 3.63) is 23.8 Å². The van der Waals surface area contributed by atoms with Crippen molar-refractivity contribution in [2.24, 2.45) is 16.6 Å². The van der Waals surface area contributed by atoms with Crippen LogP contribution >= 0.6 is 0 Å². The monoisotopic (exact) mass is 577 g/mol. The quantitative estimate of drug-likeness (QED) is 0.259. The predicted molar refractivity (Wildman–Crippen MR) is 152 cm³/mol.